The predicted octanol–water partition coefficient (Wildman–Crippen LogP) is 0.881. The first-order chi connectivity index (χ1) is 8.95. The molecule has 0 bridgehead atoms. The van der Waals surface area contributed by atoms with E-state index in [9.17, 15) is 0 Å². The van der Waals surface area contributed by atoms with Crippen LogP contribution in [0.1, 0.15) is 0 Å². The van der Waals surface area contributed by atoms with Gasteiger partial charge in [0, 0.05) is 26.2 Å². The van der Waals surface area contributed by atoms with E-state index in [0.29, 0.717) is 0 Å². The van der Waals surface area contributed by atoms with Crippen molar-refractivity contribution in [3.05, 3.63) is 18.4 Å². The molecule has 1 aromatic heterocycles. The van der Waals surface area contributed by atoms with Crippen LogP contribution in [-0.2, 0) is 9.47 Å². The predicted molar refractivity (Wildman–Crippen MR) is 70.0 cm³/mol. The third-order valence-corrected chi connectivity index (χ3v) is 5.73. The van der Waals surface area contributed by atoms with E-state index < -0.39 is 8.22 Å². The second-order valence-electron chi connectivity index (χ2n) is 4.37. The summed E-state index contributed by atoms with van der Waals surface area (Å²) >= 11 is 0. The normalized spacial score (nSPS) is 23.6. The van der Waals surface area contributed by atoms with Gasteiger partial charge in [-0.05, 0) is 12.1 Å². The lowest BCUT2D eigenvalue weighted by atomic mass is 10.5. The van der Waals surface area contributed by atoms with Gasteiger partial charge in [-0.3, -0.25) is 9.34 Å². The van der Waals surface area contributed by atoms with Crippen LogP contribution < -0.4 is 5.50 Å². The minimum Gasteiger partial charge on any atom is -0.462 e. The van der Waals surface area contributed by atoms with E-state index in [-0.39, 0.29) is 0 Å². The first-order valence-electron chi connectivity index (χ1n) is 6.44. The molecule has 18 heavy (non-hydrogen) atoms. The lowest BCUT2D eigenvalue weighted by Crippen LogP contribution is -2.43. The van der Waals surface area contributed by atoms with Gasteiger partial charge in [0.05, 0.1) is 32.7 Å². The zero-order chi connectivity index (χ0) is 12.2. The molecule has 6 heteroatoms. The highest BCUT2D eigenvalue weighted by Gasteiger charge is 2.31. The molecule has 1 aromatic rings. The molecule has 5 nitrogen and oxygen atoms in total. The summed E-state index contributed by atoms with van der Waals surface area (Å²) in [7, 11) is -0.515. The van der Waals surface area contributed by atoms with Gasteiger partial charge in [-0.25, -0.2) is 0 Å². The highest BCUT2D eigenvalue weighted by atomic mass is 31.1. The summed E-state index contributed by atoms with van der Waals surface area (Å²) in [5, 5.41) is 0. The number of morpholine rings is 2. The first-order valence-corrected chi connectivity index (χ1v) is 7.69. The zero-order valence-electron chi connectivity index (χ0n) is 10.5. The van der Waals surface area contributed by atoms with Crippen molar-refractivity contribution >= 4 is 13.7 Å². The molecular weight excluding hydrogens is 251 g/mol. The maximum absolute atomic E-state index is 5.67. The van der Waals surface area contributed by atoms with Crippen LogP contribution in [0.2, 0.25) is 0 Å². The molecule has 100 valence electrons. The van der Waals surface area contributed by atoms with Crippen LogP contribution in [0.15, 0.2) is 22.8 Å². The van der Waals surface area contributed by atoms with Crippen LogP contribution in [0.25, 0.3) is 0 Å². The van der Waals surface area contributed by atoms with Gasteiger partial charge in [0.1, 0.15) is 8.22 Å². The van der Waals surface area contributed by atoms with Crippen LogP contribution in [0.4, 0.5) is 0 Å². The Morgan fingerprint density at radius 1 is 0.889 bits per heavy atom. The molecule has 0 unspecified atom stereocenters. The number of hydrogen-bond acceptors (Lipinski definition) is 5. The van der Waals surface area contributed by atoms with Gasteiger partial charge in [0.2, 0.25) is 0 Å². The Bertz CT molecular complexity index is 330. The highest BCUT2D eigenvalue weighted by molar-refractivity contribution is 7.60. The lowest BCUT2D eigenvalue weighted by Gasteiger charge is -2.40. The molecule has 0 saturated carbocycles. The van der Waals surface area contributed by atoms with E-state index in [1.54, 1.807) is 6.26 Å². The Labute approximate surface area is 108 Å². The third-order valence-electron chi connectivity index (χ3n) is 3.21. The molecule has 3 rings (SSSR count). The van der Waals surface area contributed by atoms with Crippen LogP contribution in [-0.4, -0.2) is 61.9 Å². The van der Waals surface area contributed by atoms with E-state index >= 15 is 0 Å². The maximum Gasteiger partial charge on any atom is 0.156 e. The summed E-state index contributed by atoms with van der Waals surface area (Å²) in [5.41, 5.74) is 1.09. The molecule has 0 amide bonds. The van der Waals surface area contributed by atoms with Gasteiger partial charge in [0.25, 0.3) is 0 Å². The van der Waals surface area contributed by atoms with Crippen LogP contribution >= 0.6 is 8.22 Å². The van der Waals surface area contributed by atoms with Crippen LogP contribution in [0.3, 0.4) is 0 Å². The van der Waals surface area contributed by atoms with Gasteiger partial charge < -0.3 is 13.9 Å². The molecule has 3 heterocycles. The molecule has 2 saturated heterocycles. The molecular formula is C12H19N2O3P. The Hall–Kier alpha value is -0.450. The Kier molecular flexibility index (Phi) is 4.28. The van der Waals surface area contributed by atoms with Gasteiger partial charge in [0.15, 0.2) is 5.50 Å². The molecule has 2 fully saturated rings. The number of furan rings is 1. The van der Waals surface area contributed by atoms with E-state index in [0.717, 1.165) is 58.1 Å². The van der Waals surface area contributed by atoms with Crippen molar-refractivity contribution in [3.63, 3.8) is 0 Å². The molecule has 0 aromatic carbocycles. The SMILES string of the molecule is c1coc(P(N2CCOCC2)N2CCOCC2)c1. The van der Waals surface area contributed by atoms with Gasteiger partial charge in [-0.15, -0.1) is 0 Å². The molecule has 0 aliphatic carbocycles. The molecule has 0 N–H and O–H groups in total. The van der Waals surface area contributed by atoms with Crippen molar-refractivity contribution in [1.29, 1.82) is 0 Å². The number of hydrogen-bond donors (Lipinski definition) is 0. The topological polar surface area (TPSA) is 38.1 Å². The van der Waals surface area contributed by atoms with E-state index in [4.69, 9.17) is 13.9 Å². The molecule has 0 spiro atoms. The average Bonchev–Trinajstić information content (AvgIpc) is 2.95. The summed E-state index contributed by atoms with van der Waals surface area (Å²) in [6.45, 7) is 7.25. The average molecular weight is 270 g/mol. The van der Waals surface area contributed by atoms with E-state index in [1.807, 2.05) is 6.07 Å². The van der Waals surface area contributed by atoms with E-state index in [1.165, 1.54) is 0 Å². The molecule has 0 radical (unpaired) electrons. The maximum atomic E-state index is 5.67. The first kappa shape index (κ1) is 12.6. The minimum atomic E-state index is -0.515. The Balaban J connectivity index is 1.78. The Morgan fingerprint density at radius 2 is 1.44 bits per heavy atom. The fourth-order valence-corrected chi connectivity index (χ4v) is 4.70. The lowest BCUT2D eigenvalue weighted by molar-refractivity contribution is 0.0590. The monoisotopic (exact) mass is 270 g/mol. The van der Waals surface area contributed by atoms with Crippen LogP contribution in [0.5, 0.6) is 0 Å². The summed E-state index contributed by atoms with van der Waals surface area (Å²) in [6, 6.07) is 4.07. The summed E-state index contributed by atoms with van der Waals surface area (Å²) in [6.07, 6.45) is 1.77. The highest BCUT2D eigenvalue weighted by Crippen LogP contribution is 2.44. The molecule has 2 aliphatic heterocycles. The Morgan fingerprint density at radius 3 is 1.89 bits per heavy atom. The second kappa shape index (κ2) is 6.13. The van der Waals surface area contributed by atoms with Crippen molar-refractivity contribution in [2.45, 2.75) is 0 Å². The standard InChI is InChI=1S/C12H19N2O3P/c1-2-12(17-7-1)18(13-3-8-15-9-4-13)14-5-10-16-11-6-14/h1-2,7H,3-6,8-11H2. The smallest absolute Gasteiger partial charge is 0.156 e. The third kappa shape index (κ3) is 2.76. The minimum absolute atomic E-state index is 0.515. The quantitative estimate of drug-likeness (QED) is 0.762. The van der Waals surface area contributed by atoms with E-state index in [2.05, 4.69) is 15.4 Å². The van der Waals surface area contributed by atoms with Crippen LogP contribution in [0, 0.1) is 0 Å². The fraction of sp³-hybridized carbons (Fsp3) is 0.667. The van der Waals surface area contributed by atoms with Gasteiger partial charge >= 0.3 is 0 Å². The van der Waals surface area contributed by atoms with Crippen molar-refractivity contribution in [2.24, 2.45) is 0 Å². The summed E-state index contributed by atoms with van der Waals surface area (Å²) < 4.78 is 21.6. The number of ether oxygens (including phenoxy) is 2. The van der Waals surface area contributed by atoms with Crippen molar-refractivity contribution < 1.29 is 13.9 Å². The van der Waals surface area contributed by atoms with Crippen molar-refractivity contribution in [3.8, 4) is 0 Å². The summed E-state index contributed by atoms with van der Waals surface area (Å²) in [4.78, 5) is 0. The van der Waals surface area contributed by atoms with Crippen molar-refractivity contribution in [1.82, 2.24) is 9.34 Å². The van der Waals surface area contributed by atoms with Crippen molar-refractivity contribution in [2.75, 3.05) is 52.6 Å². The fourth-order valence-electron chi connectivity index (χ4n) is 2.33. The largest absolute Gasteiger partial charge is 0.462 e. The zero-order valence-corrected chi connectivity index (χ0v) is 11.3. The number of nitrogens with zero attached hydrogens (tertiary/aromatic N) is 2. The van der Waals surface area contributed by atoms with Gasteiger partial charge in [-0.1, -0.05) is 0 Å². The molecule has 0 atom stereocenters. The molecule has 2 aliphatic rings. The number of rotatable bonds is 3. The second-order valence-corrected chi connectivity index (χ2v) is 6.52. The summed E-state index contributed by atoms with van der Waals surface area (Å²) in [5.74, 6) is 0. The van der Waals surface area contributed by atoms with Gasteiger partial charge in [-0.2, -0.15) is 0 Å².